The van der Waals surface area contributed by atoms with Crippen molar-refractivity contribution >= 4 is 6.21 Å². The topological polar surface area (TPSA) is 12.4 Å². The molecule has 0 bridgehead atoms. The van der Waals surface area contributed by atoms with Crippen LogP contribution in [-0.4, -0.2) is 11.8 Å². The molecule has 1 nitrogen and oxygen atoms in total. The van der Waals surface area contributed by atoms with Crippen LogP contribution >= 0.6 is 0 Å². The lowest BCUT2D eigenvalue weighted by atomic mass is 9.86. The van der Waals surface area contributed by atoms with Crippen LogP contribution in [0.3, 0.4) is 0 Å². The monoisotopic (exact) mass is 137 g/mol. The lowest BCUT2D eigenvalue weighted by molar-refractivity contribution is 0.385. The second-order valence-corrected chi connectivity index (χ2v) is 3.17. The first-order chi connectivity index (χ1) is 4.69. The van der Waals surface area contributed by atoms with Crippen molar-refractivity contribution in [3.05, 3.63) is 12.2 Å². The summed E-state index contributed by atoms with van der Waals surface area (Å²) in [4.78, 5) is 4.40. The normalized spacial score (nSPS) is 33.1. The van der Waals surface area contributed by atoms with Gasteiger partial charge in [-0.2, -0.15) is 0 Å². The van der Waals surface area contributed by atoms with Gasteiger partial charge in [0.15, 0.2) is 0 Å². The highest BCUT2D eigenvalue weighted by molar-refractivity contribution is 5.75. The minimum Gasteiger partial charge on any atom is -0.282 e. The van der Waals surface area contributed by atoms with Crippen LogP contribution in [0, 0.1) is 5.92 Å². The number of hydrogen-bond donors (Lipinski definition) is 0. The van der Waals surface area contributed by atoms with Crippen LogP contribution in [0.25, 0.3) is 0 Å². The van der Waals surface area contributed by atoms with E-state index in [9.17, 15) is 0 Å². The third-order valence-electron chi connectivity index (χ3n) is 2.48. The Kier molecular flexibility index (Phi) is 1.93. The van der Waals surface area contributed by atoms with Gasteiger partial charge >= 0.3 is 0 Å². The van der Waals surface area contributed by atoms with Crippen molar-refractivity contribution in [1.82, 2.24) is 0 Å². The predicted octanol–water partition coefficient (Wildman–Crippen LogP) is 2.43. The molecule has 0 amide bonds. The molecule has 1 aliphatic heterocycles. The number of nitrogens with zero attached hydrogens (tertiary/aromatic N) is 1. The second-order valence-electron chi connectivity index (χ2n) is 3.17. The number of rotatable bonds is 2. The van der Waals surface area contributed by atoms with E-state index < -0.39 is 0 Å². The Morgan fingerprint density at radius 2 is 2.30 bits per heavy atom. The summed E-state index contributed by atoms with van der Waals surface area (Å²) >= 11 is 0. The van der Waals surface area contributed by atoms with Crippen molar-refractivity contribution in [3.63, 3.8) is 0 Å². The van der Waals surface area contributed by atoms with Crippen molar-refractivity contribution in [2.24, 2.45) is 10.9 Å². The van der Waals surface area contributed by atoms with Gasteiger partial charge < -0.3 is 0 Å². The minimum absolute atomic E-state index is 0.0920. The molecule has 0 fully saturated rings. The molecule has 0 saturated carbocycles. The Morgan fingerprint density at radius 3 is 2.70 bits per heavy atom. The number of aliphatic imine (C=N–C) groups is 1. The fraction of sp³-hybridized carbons (Fsp3) is 0.667. The molecule has 1 heterocycles. The standard InChI is InChI=1S/C9H15N/c1-4-8(2)9(3)6-5-7-10-9/h5-8H,4H2,1-3H3. The Morgan fingerprint density at radius 1 is 1.60 bits per heavy atom. The van der Waals surface area contributed by atoms with Crippen LogP contribution in [0.1, 0.15) is 27.2 Å². The third kappa shape index (κ3) is 1.13. The molecular weight excluding hydrogens is 122 g/mol. The predicted molar refractivity (Wildman–Crippen MR) is 45.5 cm³/mol. The molecule has 1 rings (SSSR count). The van der Waals surface area contributed by atoms with Gasteiger partial charge in [0.25, 0.3) is 0 Å². The molecule has 0 saturated heterocycles. The molecular formula is C9H15N. The summed E-state index contributed by atoms with van der Waals surface area (Å²) in [6.07, 6.45) is 7.30. The van der Waals surface area contributed by atoms with E-state index in [-0.39, 0.29) is 5.54 Å². The molecule has 0 spiro atoms. The first kappa shape index (κ1) is 7.52. The van der Waals surface area contributed by atoms with Crippen LogP contribution in [0.15, 0.2) is 17.1 Å². The first-order valence-corrected chi connectivity index (χ1v) is 3.92. The molecule has 1 heteroatoms. The maximum Gasteiger partial charge on any atom is 0.0788 e. The summed E-state index contributed by atoms with van der Waals surface area (Å²) in [5.41, 5.74) is 0.0920. The van der Waals surface area contributed by atoms with Crippen LogP contribution in [0.2, 0.25) is 0 Å². The van der Waals surface area contributed by atoms with E-state index in [1.54, 1.807) is 0 Å². The zero-order chi connectivity index (χ0) is 7.61. The van der Waals surface area contributed by atoms with E-state index in [1.165, 1.54) is 6.42 Å². The van der Waals surface area contributed by atoms with Crippen molar-refractivity contribution in [2.75, 3.05) is 0 Å². The SMILES string of the molecule is CCC(C)C1(C)C=CC=N1. The van der Waals surface area contributed by atoms with Crippen LogP contribution in [0.4, 0.5) is 0 Å². The summed E-state index contributed by atoms with van der Waals surface area (Å²) in [6.45, 7) is 6.63. The van der Waals surface area contributed by atoms with Gasteiger partial charge in [-0.1, -0.05) is 26.3 Å². The van der Waals surface area contributed by atoms with Gasteiger partial charge in [-0.15, -0.1) is 0 Å². The quantitative estimate of drug-likeness (QED) is 0.554. The van der Waals surface area contributed by atoms with E-state index in [0.29, 0.717) is 5.92 Å². The maximum atomic E-state index is 4.40. The Labute approximate surface area is 62.9 Å². The van der Waals surface area contributed by atoms with Crippen molar-refractivity contribution in [2.45, 2.75) is 32.7 Å². The smallest absolute Gasteiger partial charge is 0.0788 e. The molecule has 0 N–H and O–H groups in total. The van der Waals surface area contributed by atoms with Crippen molar-refractivity contribution < 1.29 is 0 Å². The van der Waals surface area contributed by atoms with Crippen molar-refractivity contribution in [3.8, 4) is 0 Å². The highest BCUT2D eigenvalue weighted by Crippen LogP contribution is 2.27. The molecule has 0 aromatic carbocycles. The summed E-state index contributed by atoms with van der Waals surface area (Å²) in [5, 5.41) is 0. The van der Waals surface area contributed by atoms with Gasteiger partial charge in [-0.25, -0.2) is 0 Å². The van der Waals surface area contributed by atoms with Gasteiger partial charge in [0.2, 0.25) is 0 Å². The summed E-state index contributed by atoms with van der Waals surface area (Å²) in [5.74, 6) is 0.655. The van der Waals surface area contributed by atoms with Gasteiger partial charge in [-0.05, 0) is 18.9 Å². The highest BCUT2D eigenvalue weighted by atomic mass is 14.9. The lowest BCUT2D eigenvalue weighted by Gasteiger charge is -2.25. The van der Waals surface area contributed by atoms with Crippen LogP contribution in [0.5, 0.6) is 0 Å². The average molecular weight is 137 g/mol. The Balaban J connectivity index is 2.69. The highest BCUT2D eigenvalue weighted by Gasteiger charge is 2.26. The fourth-order valence-electron chi connectivity index (χ4n) is 1.19. The minimum atomic E-state index is 0.0920. The average Bonchev–Trinajstić information content (AvgIpc) is 2.36. The van der Waals surface area contributed by atoms with E-state index in [1.807, 2.05) is 12.3 Å². The Bertz CT molecular complexity index is 156. The van der Waals surface area contributed by atoms with Gasteiger partial charge in [0, 0.05) is 6.21 Å². The summed E-state index contributed by atoms with van der Waals surface area (Å²) in [6, 6.07) is 0. The van der Waals surface area contributed by atoms with Crippen LogP contribution < -0.4 is 0 Å². The zero-order valence-corrected chi connectivity index (χ0v) is 6.96. The summed E-state index contributed by atoms with van der Waals surface area (Å²) < 4.78 is 0. The van der Waals surface area contributed by atoms with E-state index in [2.05, 4.69) is 31.8 Å². The number of allylic oxidation sites excluding steroid dienone is 1. The molecule has 10 heavy (non-hydrogen) atoms. The van der Waals surface area contributed by atoms with E-state index >= 15 is 0 Å². The summed E-state index contributed by atoms with van der Waals surface area (Å²) in [7, 11) is 0. The zero-order valence-electron chi connectivity index (χ0n) is 6.96. The molecule has 0 aromatic rings. The molecule has 0 radical (unpaired) electrons. The fourth-order valence-corrected chi connectivity index (χ4v) is 1.19. The van der Waals surface area contributed by atoms with E-state index in [0.717, 1.165) is 0 Å². The van der Waals surface area contributed by atoms with Gasteiger partial charge in [0.05, 0.1) is 5.54 Å². The first-order valence-electron chi connectivity index (χ1n) is 3.92. The molecule has 1 aliphatic rings. The molecule has 56 valence electrons. The maximum absolute atomic E-state index is 4.40. The Hall–Kier alpha value is -0.590. The molecule has 2 atom stereocenters. The van der Waals surface area contributed by atoms with Gasteiger partial charge in [0.1, 0.15) is 0 Å². The third-order valence-corrected chi connectivity index (χ3v) is 2.48. The largest absolute Gasteiger partial charge is 0.282 e. The van der Waals surface area contributed by atoms with Gasteiger partial charge in [-0.3, -0.25) is 4.99 Å². The van der Waals surface area contributed by atoms with Crippen LogP contribution in [-0.2, 0) is 0 Å². The molecule has 0 aliphatic carbocycles. The van der Waals surface area contributed by atoms with Crippen molar-refractivity contribution in [1.29, 1.82) is 0 Å². The second kappa shape index (κ2) is 2.57. The lowest BCUT2D eigenvalue weighted by Crippen LogP contribution is -2.25. The molecule has 0 aromatic heterocycles. The molecule has 2 unspecified atom stereocenters. The van der Waals surface area contributed by atoms with E-state index in [4.69, 9.17) is 0 Å². The number of hydrogen-bond acceptors (Lipinski definition) is 1.